The van der Waals surface area contributed by atoms with Gasteiger partial charge in [-0.05, 0) is 0 Å². The van der Waals surface area contributed by atoms with Gasteiger partial charge in [0, 0.05) is 0 Å². The maximum atomic E-state index is 10.4. The quantitative estimate of drug-likeness (QED) is 0.473. The molecule has 6 nitrogen and oxygen atoms in total. The van der Waals surface area contributed by atoms with Gasteiger partial charge in [0.05, 0.1) is 6.26 Å². The van der Waals surface area contributed by atoms with E-state index in [1.165, 1.54) is 0 Å². The lowest BCUT2D eigenvalue weighted by atomic mass is 10.7. The highest BCUT2D eigenvalue weighted by Crippen LogP contribution is 1.74. The first-order valence-corrected chi connectivity index (χ1v) is 4.17. The predicted molar refractivity (Wildman–Crippen MR) is 33.1 cm³/mol. The minimum absolute atomic E-state index is 0.465. The third-order valence-electron chi connectivity index (χ3n) is 0.514. The summed E-state index contributed by atoms with van der Waals surface area (Å²) in [6.07, 6.45) is 0.863. The van der Waals surface area contributed by atoms with Gasteiger partial charge >= 0.3 is 0 Å². The number of hydrogen-bond acceptors (Lipinski definition) is 5. The molecule has 0 saturated heterocycles. The summed E-state index contributed by atoms with van der Waals surface area (Å²) >= 11 is 0. The molecule has 60 valence electrons. The standard InChI is InChI=1S/C3H8N2O4S/c1-10(7,8)5-3(6)2-9-4/h2,4H2,1H3,(H,5,6). The molecule has 0 aromatic heterocycles. The minimum atomic E-state index is -3.48. The van der Waals surface area contributed by atoms with E-state index in [-0.39, 0.29) is 0 Å². The van der Waals surface area contributed by atoms with E-state index in [0.29, 0.717) is 0 Å². The highest BCUT2D eigenvalue weighted by Gasteiger charge is 2.06. The Kier molecular flexibility index (Phi) is 3.26. The van der Waals surface area contributed by atoms with Crippen molar-refractivity contribution >= 4 is 15.9 Å². The van der Waals surface area contributed by atoms with E-state index in [4.69, 9.17) is 0 Å². The van der Waals surface area contributed by atoms with Gasteiger partial charge in [-0.25, -0.2) is 14.3 Å². The Hall–Kier alpha value is -0.660. The molecule has 0 aliphatic carbocycles. The van der Waals surface area contributed by atoms with Crippen LogP contribution in [0.15, 0.2) is 0 Å². The Morgan fingerprint density at radius 3 is 2.50 bits per heavy atom. The van der Waals surface area contributed by atoms with Crippen molar-refractivity contribution < 1.29 is 18.0 Å². The first kappa shape index (κ1) is 9.34. The molecule has 0 aromatic carbocycles. The Bertz CT molecular complexity index is 209. The van der Waals surface area contributed by atoms with Crippen molar-refractivity contribution in [3.8, 4) is 0 Å². The number of amides is 1. The summed E-state index contributed by atoms with van der Waals surface area (Å²) in [6.45, 7) is -0.465. The lowest BCUT2D eigenvalue weighted by molar-refractivity contribution is -0.123. The second-order valence-electron chi connectivity index (χ2n) is 1.61. The van der Waals surface area contributed by atoms with E-state index in [9.17, 15) is 13.2 Å². The molecule has 0 aliphatic heterocycles. The SMILES string of the molecule is CS(=O)(=O)NC(=O)CON. The van der Waals surface area contributed by atoms with Crippen LogP contribution in [0.5, 0.6) is 0 Å². The minimum Gasteiger partial charge on any atom is -0.295 e. The summed E-state index contributed by atoms with van der Waals surface area (Å²) in [6, 6.07) is 0. The van der Waals surface area contributed by atoms with Crippen LogP contribution in [0.1, 0.15) is 0 Å². The fourth-order valence-electron chi connectivity index (χ4n) is 0.312. The Labute approximate surface area is 58.3 Å². The molecule has 0 radical (unpaired) electrons. The van der Waals surface area contributed by atoms with E-state index in [1.807, 2.05) is 0 Å². The smallest absolute Gasteiger partial charge is 0.261 e. The second kappa shape index (κ2) is 3.49. The van der Waals surface area contributed by atoms with Gasteiger partial charge in [0.25, 0.3) is 5.91 Å². The summed E-state index contributed by atoms with van der Waals surface area (Å²) in [5.74, 6) is 3.71. The van der Waals surface area contributed by atoms with E-state index < -0.39 is 22.5 Å². The molecule has 10 heavy (non-hydrogen) atoms. The molecule has 0 atom stereocenters. The number of nitrogens with two attached hydrogens (primary N) is 1. The van der Waals surface area contributed by atoms with Gasteiger partial charge in [-0.2, -0.15) is 0 Å². The number of carbonyl (C=O) groups is 1. The summed E-state index contributed by atoms with van der Waals surface area (Å²) in [4.78, 5) is 14.2. The van der Waals surface area contributed by atoms with E-state index in [2.05, 4.69) is 10.7 Å². The van der Waals surface area contributed by atoms with Crippen LogP contribution in [0, 0.1) is 0 Å². The average Bonchev–Trinajstić information content (AvgIpc) is 1.59. The fraction of sp³-hybridized carbons (Fsp3) is 0.667. The molecule has 0 spiro atoms. The van der Waals surface area contributed by atoms with Crippen molar-refractivity contribution in [2.45, 2.75) is 0 Å². The summed E-state index contributed by atoms with van der Waals surface area (Å²) in [7, 11) is -3.48. The number of hydrogen-bond donors (Lipinski definition) is 2. The normalized spacial score (nSPS) is 11.0. The van der Waals surface area contributed by atoms with Gasteiger partial charge in [0.15, 0.2) is 0 Å². The van der Waals surface area contributed by atoms with Crippen molar-refractivity contribution in [2.75, 3.05) is 12.9 Å². The monoisotopic (exact) mass is 168 g/mol. The molecule has 0 fully saturated rings. The van der Waals surface area contributed by atoms with Crippen LogP contribution < -0.4 is 10.6 Å². The maximum Gasteiger partial charge on any atom is 0.261 e. The van der Waals surface area contributed by atoms with Crippen LogP contribution in [0.4, 0.5) is 0 Å². The van der Waals surface area contributed by atoms with E-state index >= 15 is 0 Å². The van der Waals surface area contributed by atoms with Crippen molar-refractivity contribution in [1.29, 1.82) is 0 Å². The van der Waals surface area contributed by atoms with Gasteiger partial charge in [-0.1, -0.05) is 0 Å². The van der Waals surface area contributed by atoms with Gasteiger partial charge in [0.1, 0.15) is 6.61 Å². The summed E-state index contributed by atoms with van der Waals surface area (Å²) in [5, 5.41) is 0. The molecule has 0 bridgehead atoms. The lowest BCUT2D eigenvalue weighted by Crippen LogP contribution is -2.33. The van der Waals surface area contributed by atoms with Gasteiger partial charge in [-0.3, -0.25) is 14.4 Å². The molecular formula is C3H8N2O4S. The summed E-state index contributed by atoms with van der Waals surface area (Å²) in [5.41, 5.74) is 0. The second-order valence-corrected chi connectivity index (χ2v) is 3.36. The first-order chi connectivity index (χ1) is 4.45. The van der Waals surface area contributed by atoms with Gasteiger partial charge in [-0.15, -0.1) is 0 Å². The van der Waals surface area contributed by atoms with Crippen LogP contribution in [-0.4, -0.2) is 27.2 Å². The van der Waals surface area contributed by atoms with Crippen LogP contribution >= 0.6 is 0 Å². The van der Waals surface area contributed by atoms with Crippen LogP contribution in [0.25, 0.3) is 0 Å². The van der Waals surface area contributed by atoms with Gasteiger partial charge < -0.3 is 0 Å². The van der Waals surface area contributed by atoms with Crippen LogP contribution in [0.3, 0.4) is 0 Å². The first-order valence-electron chi connectivity index (χ1n) is 2.28. The van der Waals surface area contributed by atoms with Gasteiger partial charge in [0.2, 0.25) is 10.0 Å². The van der Waals surface area contributed by atoms with E-state index in [0.717, 1.165) is 6.26 Å². The average molecular weight is 168 g/mol. The largest absolute Gasteiger partial charge is 0.295 e. The zero-order valence-corrected chi connectivity index (χ0v) is 6.14. The summed E-state index contributed by atoms with van der Waals surface area (Å²) < 4.78 is 22.2. The molecule has 0 aromatic rings. The zero-order valence-electron chi connectivity index (χ0n) is 5.33. The number of sulfonamides is 1. The highest BCUT2D eigenvalue weighted by atomic mass is 32.2. The number of nitrogens with one attached hydrogen (secondary N) is 1. The maximum absolute atomic E-state index is 10.4. The number of rotatable bonds is 3. The van der Waals surface area contributed by atoms with Crippen molar-refractivity contribution in [3.05, 3.63) is 0 Å². The van der Waals surface area contributed by atoms with Crippen LogP contribution in [-0.2, 0) is 19.7 Å². The third-order valence-corrected chi connectivity index (χ3v) is 1.11. The Morgan fingerprint density at radius 2 is 2.20 bits per heavy atom. The van der Waals surface area contributed by atoms with Crippen molar-refractivity contribution in [1.82, 2.24) is 4.72 Å². The van der Waals surface area contributed by atoms with Crippen LogP contribution in [0.2, 0.25) is 0 Å². The molecule has 0 heterocycles. The lowest BCUT2D eigenvalue weighted by Gasteiger charge is -1.98. The third kappa shape index (κ3) is 5.48. The molecule has 0 unspecified atom stereocenters. The predicted octanol–water partition coefficient (Wildman–Crippen LogP) is -2.05. The Morgan fingerprint density at radius 1 is 1.70 bits per heavy atom. The van der Waals surface area contributed by atoms with Crippen molar-refractivity contribution in [2.24, 2.45) is 5.90 Å². The molecule has 0 aliphatic rings. The molecule has 1 amide bonds. The topological polar surface area (TPSA) is 98.5 Å². The zero-order chi connectivity index (χ0) is 8.20. The molecule has 0 saturated carbocycles. The molecular weight excluding hydrogens is 160 g/mol. The van der Waals surface area contributed by atoms with Crippen molar-refractivity contribution in [3.63, 3.8) is 0 Å². The highest BCUT2D eigenvalue weighted by molar-refractivity contribution is 7.89. The molecule has 0 rings (SSSR count). The Balaban J connectivity index is 3.82. The number of carbonyl (C=O) groups excluding carboxylic acids is 1. The molecule has 7 heteroatoms. The fourth-order valence-corrected chi connectivity index (χ4v) is 0.784. The van der Waals surface area contributed by atoms with E-state index in [1.54, 1.807) is 4.72 Å². The molecule has 3 N–H and O–H groups in total.